The monoisotopic (exact) mass is 340 g/mol. The maximum absolute atomic E-state index is 13.0. The molecule has 0 aromatic heterocycles. The van der Waals surface area contributed by atoms with E-state index in [4.69, 9.17) is 16.3 Å². The molecule has 2 atom stereocenters. The molecule has 1 fully saturated rings. The van der Waals surface area contributed by atoms with E-state index in [1.165, 1.54) is 12.1 Å². The molecular weight excluding hydrogens is 331 g/mol. The summed E-state index contributed by atoms with van der Waals surface area (Å²) in [6.07, 6.45) is -0.0916. The van der Waals surface area contributed by atoms with Gasteiger partial charge in [0.05, 0.1) is 0 Å². The van der Waals surface area contributed by atoms with E-state index in [-0.39, 0.29) is 11.9 Å². The minimum absolute atomic E-state index is 0.0916. The average Bonchev–Trinajstić information content (AvgIpc) is 3.16. The van der Waals surface area contributed by atoms with Gasteiger partial charge in [-0.25, -0.2) is 4.39 Å². The molecular formula is C15H11BrClFO. The van der Waals surface area contributed by atoms with Crippen molar-refractivity contribution in [1.29, 1.82) is 0 Å². The number of hydrogen-bond donors (Lipinski definition) is 0. The van der Waals surface area contributed by atoms with Gasteiger partial charge < -0.3 is 4.74 Å². The topological polar surface area (TPSA) is 12.5 Å². The third-order valence-corrected chi connectivity index (χ3v) is 4.59. The molecule has 19 heavy (non-hydrogen) atoms. The maximum atomic E-state index is 13.0. The minimum atomic E-state index is -0.446. The second-order valence-corrected chi connectivity index (χ2v) is 5.52. The first-order chi connectivity index (χ1) is 9.17. The number of hydrogen-bond acceptors (Lipinski definition) is 1. The van der Waals surface area contributed by atoms with Crippen LogP contribution in [0, 0.1) is 5.82 Å². The van der Waals surface area contributed by atoms with Crippen LogP contribution in [0.2, 0.25) is 5.02 Å². The van der Waals surface area contributed by atoms with Crippen molar-refractivity contribution in [3.05, 3.63) is 70.5 Å². The van der Waals surface area contributed by atoms with Gasteiger partial charge in [0.15, 0.2) is 0 Å². The number of benzene rings is 2. The van der Waals surface area contributed by atoms with Crippen molar-refractivity contribution in [3.63, 3.8) is 0 Å². The number of epoxide rings is 1. The van der Waals surface area contributed by atoms with Crippen LogP contribution in [0.5, 0.6) is 0 Å². The summed E-state index contributed by atoms with van der Waals surface area (Å²) in [5.41, 5.74) is 1.47. The van der Waals surface area contributed by atoms with Gasteiger partial charge in [-0.15, -0.1) is 0 Å². The van der Waals surface area contributed by atoms with Crippen LogP contribution < -0.4 is 0 Å². The Hall–Kier alpha value is -0.900. The fourth-order valence-corrected chi connectivity index (χ4v) is 3.29. The highest BCUT2D eigenvalue weighted by Crippen LogP contribution is 2.59. The van der Waals surface area contributed by atoms with Crippen LogP contribution >= 0.6 is 27.5 Å². The smallest absolute Gasteiger partial charge is 0.134 e. The first-order valence-electron chi connectivity index (χ1n) is 5.91. The summed E-state index contributed by atoms with van der Waals surface area (Å²) in [7, 11) is 0. The van der Waals surface area contributed by atoms with Gasteiger partial charge in [-0.05, 0) is 23.8 Å². The Balaban J connectivity index is 1.96. The normalized spacial score (nSPS) is 25.3. The van der Waals surface area contributed by atoms with Crippen LogP contribution in [-0.2, 0) is 10.3 Å². The number of halogens is 3. The quantitative estimate of drug-likeness (QED) is 0.575. The third-order valence-electron chi connectivity index (χ3n) is 3.41. The Labute approximate surface area is 124 Å². The summed E-state index contributed by atoms with van der Waals surface area (Å²) < 4.78 is 18.9. The molecule has 1 heterocycles. The Morgan fingerprint density at radius 3 is 2.47 bits per heavy atom. The van der Waals surface area contributed by atoms with E-state index >= 15 is 0 Å². The van der Waals surface area contributed by atoms with Gasteiger partial charge in [-0.2, -0.15) is 0 Å². The molecule has 3 rings (SSSR count). The molecule has 0 spiro atoms. The predicted molar refractivity (Wildman–Crippen MR) is 77.2 cm³/mol. The SMILES string of the molecule is Fc1ccc(C2(CBr)OC2c2ccccc2Cl)cc1. The van der Waals surface area contributed by atoms with Crippen molar-refractivity contribution in [1.82, 2.24) is 0 Å². The molecule has 2 unspecified atom stereocenters. The molecule has 1 nitrogen and oxygen atoms in total. The van der Waals surface area contributed by atoms with E-state index in [9.17, 15) is 4.39 Å². The van der Waals surface area contributed by atoms with Crippen molar-refractivity contribution in [2.24, 2.45) is 0 Å². The van der Waals surface area contributed by atoms with Gasteiger partial charge in [0, 0.05) is 15.9 Å². The maximum Gasteiger partial charge on any atom is 0.134 e. The Bertz CT molecular complexity index is 601. The lowest BCUT2D eigenvalue weighted by molar-refractivity contribution is 0.318. The van der Waals surface area contributed by atoms with Crippen LogP contribution in [0.1, 0.15) is 17.2 Å². The summed E-state index contributed by atoms with van der Waals surface area (Å²) in [4.78, 5) is 0. The van der Waals surface area contributed by atoms with Gasteiger partial charge in [-0.1, -0.05) is 57.9 Å². The van der Waals surface area contributed by atoms with E-state index in [1.54, 1.807) is 12.1 Å². The first kappa shape index (κ1) is 13.1. The van der Waals surface area contributed by atoms with Crippen LogP contribution in [0.25, 0.3) is 0 Å². The fraction of sp³-hybridized carbons (Fsp3) is 0.200. The molecule has 0 aliphatic carbocycles. The summed E-state index contributed by atoms with van der Waals surface area (Å²) in [6.45, 7) is 0. The molecule has 2 aromatic carbocycles. The Morgan fingerprint density at radius 1 is 1.16 bits per heavy atom. The van der Waals surface area contributed by atoms with Crippen molar-refractivity contribution >= 4 is 27.5 Å². The number of alkyl halides is 1. The first-order valence-corrected chi connectivity index (χ1v) is 7.41. The van der Waals surface area contributed by atoms with E-state index in [2.05, 4.69) is 15.9 Å². The summed E-state index contributed by atoms with van der Waals surface area (Å²) >= 11 is 9.69. The molecule has 0 amide bonds. The van der Waals surface area contributed by atoms with Crippen LogP contribution in [0.3, 0.4) is 0 Å². The molecule has 1 aliphatic heterocycles. The molecule has 1 aliphatic rings. The van der Waals surface area contributed by atoms with Gasteiger partial charge in [0.2, 0.25) is 0 Å². The Kier molecular flexibility index (Phi) is 3.37. The largest absolute Gasteiger partial charge is 0.355 e. The molecule has 0 radical (unpaired) electrons. The second-order valence-electron chi connectivity index (χ2n) is 4.55. The van der Waals surface area contributed by atoms with E-state index in [0.717, 1.165) is 11.1 Å². The molecule has 1 saturated heterocycles. The lowest BCUT2D eigenvalue weighted by atomic mass is 9.93. The molecule has 98 valence electrons. The molecule has 4 heteroatoms. The van der Waals surface area contributed by atoms with Crippen molar-refractivity contribution in [2.75, 3.05) is 5.33 Å². The summed E-state index contributed by atoms with van der Waals surface area (Å²) in [6, 6.07) is 14.1. The van der Waals surface area contributed by atoms with Gasteiger partial charge in [-0.3, -0.25) is 0 Å². The lowest BCUT2D eigenvalue weighted by Gasteiger charge is -2.10. The molecule has 0 bridgehead atoms. The van der Waals surface area contributed by atoms with Crippen molar-refractivity contribution in [3.8, 4) is 0 Å². The lowest BCUT2D eigenvalue weighted by Crippen LogP contribution is -2.12. The van der Waals surface area contributed by atoms with E-state index in [1.807, 2.05) is 24.3 Å². The molecule has 0 saturated carbocycles. The zero-order valence-corrected chi connectivity index (χ0v) is 12.3. The Morgan fingerprint density at radius 2 is 1.84 bits per heavy atom. The summed E-state index contributed by atoms with van der Waals surface area (Å²) in [5.74, 6) is -0.247. The number of ether oxygens (including phenoxy) is 1. The highest BCUT2D eigenvalue weighted by Gasteiger charge is 2.58. The van der Waals surface area contributed by atoms with E-state index in [0.29, 0.717) is 10.4 Å². The minimum Gasteiger partial charge on any atom is -0.355 e. The van der Waals surface area contributed by atoms with Crippen molar-refractivity contribution in [2.45, 2.75) is 11.7 Å². The van der Waals surface area contributed by atoms with Crippen LogP contribution in [0.4, 0.5) is 4.39 Å². The molecule has 0 N–H and O–H groups in total. The fourth-order valence-electron chi connectivity index (χ4n) is 2.31. The third kappa shape index (κ3) is 2.20. The zero-order valence-electron chi connectivity index (χ0n) is 9.95. The highest BCUT2D eigenvalue weighted by atomic mass is 79.9. The van der Waals surface area contributed by atoms with Crippen LogP contribution in [-0.4, -0.2) is 5.33 Å². The van der Waals surface area contributed by atoms with Gasteiger partial charge in [0.1, 0.15) is 17.5 Å². The standard InChI is InChI=1S/C15H11BrClFO/c16-9-15(10-5-7-11(18)8-6-10)14(19-15)12-3-1-2-4-13(12)17/h1-8,14H,9H2. The van der Waals surface area contributed by atoms with E-state index < -0.39 is 5.60 Å². The average molecular weight is 342 g/mol. The van der Waals surface area contributed by atoms with Crippen molar-refractivity contribution < 1.29 is 9.13 Å². The zero-order chi connectivity index (χ0) is 13.5. The number of rotatable bonds is 3. The highest BCUT2D eigenvalue weighted by molar-refractivity contribution is 9.09. The van der Waals surface area contributed by atoms with Gasteiger partial charge >= 0.3 is 0 Å². The van der Waals surface area contributed by atoms with Crippen LogP contribution in [0.15, 0.2) is 48.5 Å². The second kappa shape index (κ2) is 4.89. The molecule has 2 aromatic rings. The summed E-state index contributed by atoms with van der Waals surface area (Å²) in [5, 5.41) is 1.33. The predicted octanol–water partition coefficient (Wildman–Crippen LogP) is 4.84. The van der Waals surface area contributed by atoms with Gasteiger partial charge in [0.25, 0.3) is 0 Å².